The summed E-state index contributed by atoms with van der Waals surface area (Å²) in [6.45, 7) is 0. The van der Waals surface area contributed by atoms with Crippen LogP contribution in [0.3, 0.4) is 0 Å². The number of benzene rings is 4. The highest BCUT2D eigenvalue weighted by Gasteiger charge is 2.13. The summed E-state index contributed by atoms with van der Waals surface area (Å²) in [5.74, 6) is -1.19. The summed E-state index contributed by atoms with van der Waals surface area (Å²) < 4.78 is 13.3. The molecule has 1 amide bonds. The van der Waals surface area contributed by atoms with Crippen molar-refractivity contribution in [2.24, 2.45) is 0 Å². The molecule has 0 unspecified atom stereocenters. The van der Waals surface area contributed by atoms with Crippen LogP contribution in [0.2, 0.25) is 5.02 Å². The molecule has 0 saturated heterocycles. The minimum atomic E-state index is -0.607. The van der Waals surface area contributed by atoms with Gasteiger partial charge in [0.25, 0.3) is 5.91 Å². The van der Waals surface area contributed by atoms with Crippen LogP contribution in [-0.2, 0) is 4.79 Å². The van der Waals surface area contributed by atoms with Gasteiger partial charge in [0.05, 0.1) is 5.02 Å². The van der Waals surface area contributed by atoms with Gasteiger partial charge in [0, 0.05) is 22.7 Å². The highest BCUT2D eigenvalue weighted by molar-refractivity contribution is 6.31. The van der Waals surface area contributed by atoms with Gasteiger partial charge in [-0.05, 0) is 66.2 Å². The maximum atomic E-state index is 13.3. The molecule has 1 N–H and O–H groups in total. The third-order valence-electron chi connectivity index (χ3n) is 5.03. The van der Waals surface area contributed by atoms with Gasteiger partial charge in [0.1, 0.15) is 17.5 Å². The zero-order valence-electron chi connectivity index (χ0n) is 18.0. The van der Waals surface area contributed by atoms with E-state index in [9.17, 15) is 14.4 Å². The lowest BCUT2D eigenvalue weighted by Gasteiger charge is -2.25. The van der Waals surface area contributed by atoms with E-state index >= 15 is 0 Å². The highest BCUT2D eigenvalue weighted by Crippen LogP contribution is 2.34. The smallest absolute Gasteiger partial charge is 0.266 e. The minimum Gasteiger partial charge on any atom is -0.321 e. The Morgan fingerprint density at radius 3 is 1.94 bits per heavy atom. The third kappa shape index (κ3) is 5.32. The summed E-state index contributed by atoms with van der Waals surface area (Å²) in [6.07, 6.45) is 1.50. The first-order chi connectivity index (χ1) is 16.5. The SMILES string of the molecule is N#C/C(=C/c1ccc(N(c2ccccc2)c2ccccc2)cc1)C(=O)Nc1ccc(F)c(Cl)c1. The molecule has 0 aliphatic heterocycles. The highest BCUT2D eigenvalue weighted by atomic mass is 35.5. The first kappa shape index (κ1) is 22.8. The number of amides is 1. The van der Waals surface area contributed by atoms with Crippen LogP contribution in [0.1, 0.15) is 5.56 Å². The number of carbonyl (C=O) groups excluding carboxylic acids is 1. The van der Waals surface area contributed by atoms with Crippen LogP contribution in [0.4, 0.5) is 27.1 Å². The summed E-state index contributed by atoms with van der Waals surface area (Å²) in [7, 11) is 0. The van der Waals surface area contributed by atoms with E-state index in [1.54, 1.807) is 0 Å². The number of para-hydroxylation sites is 2. The topological polar surface area (TPSA) is 56.1 Å². The number of rotatable bonds is 6. The van der Waals surface area contributed by atoms with Crippen molar-refractivity contribution in [3.05, 3.63) is 125 Å². The average Bonchev–Trinajstić information content (AvgIpc) is 2.87. The monoisotopic (exact) mass is 467 g/mol. The molecule has 0 aliphatic carbocycles. The Hall–Kier alpha value is -4.40. The molecular formula is C28H19ClFN3O. The number of hydrogen-bond donors (Lipinski definition) is 1. The van der Waals surface area contributed by atoms with Crippen molar-refractivity contribution < 1.29 is 9.18 Å². The van der Waals surface area contributed by atoms with E-state index in [1.807, 2.05) is 91.0 Å². The molecule has 4 aromatic rings. The second-order valence-electron chi connectivity index (χ2n) is 7.35. The van der Waals surface area contributed by atoms with Gasteiger partial charge in [-0.2, -0.15) is 5.26 Å². The van der Waals surface area contributed by atoms with Crippen LogP contribution >= 0.6 is 11.6 Å². The van der Waals surface area contributed by atoms with E-state index in [2.05, 4.69) is 10.2 Å². The Morgan fingerprint density at radius 2 is 1.41 bits per heavy atom. The molecule has 0 aliphatic rings. The van der Waals surface area contributed by atoms with E-state index in [1.165, 1.54) is 18.2 Å². The molecule has 4 rings (SSSR count). The molecular weight excluding hydrogens is 449 g/mol. The first-order valence-corrected chi connectivity index (χ1v) is 10.8. The Balaban J connectivity index is 1.59. The van der Waals surface area contributed by atoms with E-state index in [-0.39, 0.29) is 10.6 Å². The standard InChI is InChI=1S/C28H19ClFN3O/c29-26-18-22(13-16-27(26)30)32-28(34)21(19-31)17-20-11-14-25(15-12-20)33(23-7-3-1-4-8-23)24-9-5-2-6-10-24/h1-18H,(H,32,34)/b21-17-. The molecule has 0 radical (unpaired) electrons. The number of nitrogens with zero attached hydrogens (tertiary/aromatic N) is 2. The molecule has 34 heavy (non-hydrogen) atoms. The van der Waals surface area contributed by atoms with Gasteiger partial charge in [0.2, 0.25) is 0 Å². The van der Waals surface area contributed by atoms with Crippen LogP contribution in [0.5, 0.6) is 0 Å². The zero-order valence-corrected chi connectivity index (χ0v) is 18.7. The predicted octanol–water partition coefficient (Wildman–Crippen LogP) is 7.49. The maximum absolute atomic E-state index is 13.3. The van der Waals surface area contributed by atoms with Gasteiger partial charge in [-0.15, -0.1) is 0 Å². The van der Waals surface area contributed by atoms with Gasteiger partial charge in [-0.25, -0.2) is 4.39 Å². The Bertz CT molecular complexity index is 1330. The van der Waals surface area contributed by atoms with Crippen molar-refractivity contribution in [1.82, 2.24) is 0 Å². The molecule has 0 fully saturated rings. The second-order valence-corrected chi connectivity index (χ2v) is 7.76. The third-order valence-corrected chi connectivity index (χ3v) is 5.32. The fourth-order valence-corrected chi connectivity index (χ4v) is 3.59. The number of nitriles is 1. The summed E-state index contributed by atoms with van der Waals surface area (Å²) >= 11 is 5.76. The van der Waals surface area contributed by atoms with E-state index in [0.29, 0.717) is 11.3 Å². The lowest BCUT2D eigenvalue weighted by atomic mass is 10.1. The number of halogens is 2. The minimum absolute atomic E-state index is 0.0869. The average molecular weight is 468 g/mol. The number of anilines is 4. The molecule has 0 spiro atoms. The Morgan fingerprint density at radius 1 is 0.853 bits per heavy atom. The summed E-state index contributed by atoms with van der Waals surface area (Å²) in [5, 5.41) is 12.0. The van der Waals surface area contributed by atoms with Crippen molar-refractivity contribution in [1.29, 1.82) is 5.26 Å². The number of nitrogens with one attached hydrogen (secondary N) is 1. The van der Waals surface area contributed by atoms with Gasteiger partial charge in [-0.1, -0.05) is 60.1 Å². The molecule has 0 atom stereocenters. The largest absolute Gasteiger partial charge is 0.321 e. The van der Waals surface area contributed by atoms with E-state index in [4.69, 9.17) is 11.6 Å². The number of hydrogen-bond acceptors (Lipinski definition) is 3. The Labute approximate surface area is 202 Å². The zero-order chi connectivity index (χ0) is 23.9. The van der Waals surface area contributed by atoms with Crippen LogP contribution in [0.25, 0.3) is 6.08 Å². The Kier molecular flexibility index (Phi) is 7.02. The predicted molar refractivity (Wildman–Crippen MR) is 135 cm³/mol. The number of carbonyl (C=O) groups is 1. The van der Waals surface area contributed by atoms with Crippen molar-refractivity contribution in [3.63, 3.8) is 0 Å². The normalized spacial score (nSPS) is 10.9. The van der Waals surface area contributed by atoms with Gasteiger partial charge in [0.15, 0.2) is 0 Å². The molecule has 166 valence electrons. The summed E-state index contributed by atoms with van der Waals surface area (Å²) in [4.78, 5) is 14.7. The quantitative estimate of drug-likeness (QED) is 0.236. The van der Waals surface area contributed by atoms with Crippen molar-refractivity contribution in [2.45, 2.75) is 0 Å². The lowest BCUT2D eigenvalue weighted by molar-refractivity contribution is -0.112. The van der Waals surface area contributed by atoms with Crippen LogP contribution in [-0.4, -0.2) is 5.91 Å². The molecule has 6 heteroatoms. The molecule has 0 bridgehead atoms. The summed E-state index contributed by atoms with van der Waals surface area (Å²) in [6, 6.07) is 33.2. The van der Waals surface area contributed by atoms with Crippen LogP contribution in [0, 0.1) is 17.1 Å². The fraction of sp³-hybridized carbons (Fsp3) is 0. The van der Waals surface area contributed by atoms with Crippen molar-refractivity contribution >= 4 is 46.3 Å². The molecule has 0 saturated carbocycles. The van der Waals surface area contributed by atoms with Crippen LogP contribution in [0.15, 0.2) is 109 Å². The fourth-order valence-electron chi connectivity index (χ4n) is 3.41. The second kappa shape index (κ2) is 10.5. The van der Waals surface area contributed by atoms with Gasteiger partial charge in [-0.3, -0.25) is 4.79 Å². The molecule has 0 heterocycles. The molecule has 4 aromatic carbocycles. The summed E-state index contributed by atoms with van der Waals surface area (Å²) in [5.41, 5.74) is 3.84. The first-order valence-electron chi connectivity index (χ1n) is 10.4. The van der Waals surface area contributed by atoms with Gasteiger partial charge < -0.3 is 10.2 Å². The van der Waals surface area contributed by atoms with Crippen LogP contribution < -0.4 is 10.2 Å². The van der Waals surface area contributed by atoms with Crippen molar-refractivity contribution in [3.8, 4) is 6.07 Å². The molecule has 4 nitrogen and oxygen atoms in total. The van der Waals surface area contributed by atoms with Gasteiger partial charge >= 0.3 is 0 Å². The molecule has 0 aromatic heterocycles. The van der Waals surface area contributed by atoms with E-state index in [0.717, 1.165) is 23.1 Å². The van der Waals surface area contributed by atoms with Crippen molar-refractivity contribution in [2.75, 3.05) is 10.2 Å². The van der Waals surface area contributed by atoms with E-state index < -0.39 is 11.7 Å². The maximum Gasteiger partial charge on any atom is 0.266 e. The lowest BCUT2D eigenvalue weighted by Crippen LogP contribution is -2.13.